The predicted octanol–water partition coefficient (Wildman–Crippen LogP) is 4.15. The molecule has 4 heteroatoms. The van der Waals surface area contributed by atoms with Crippen LogP contribution in [0.4, 0.5) is 0 Å². The Balaban J connectivity index is 2.18. The van der Waals surface area contributed by atoms with Gasteiger partial charge < -0.3 is 4.74 Å². The van der Waals surface area contributed by atoms with Crippen LogP contribution in [0.15, 0.2) is 18.2 Å². The first kappa shape index (κ1) is 14.9. The maximum atomic E-state index is 6.01. The van der Waals surface area contributed by atoms with Crippen LogP contribution in [0.3, 0.4) is 0 Å². The van der Waals surface area contributed by atoms with Crippen molar-refractivity contribution in [3.8, 4) is 5.75 Å². The van der Waals surface area contributed by atoms with Gasteiger partial charge in [0.25, 0.3) is 0 Å². The molecule has 0 radical (unpaired) electrons. The van der Waals surface area contributed by atoms with E-state index in [1.807, 2.05) is 11.6 Å². The zero-order valence-electron chi connectivity index (χ0n) is 12.5. The summed E-state index contributed by atoms with van der Waals surface area (Å²) in [5.74, 6) is 1.48. The fraction of sp³-hybridized carbons (Fsp3) is 0.438. The Morgan fingerprint density at radius 1 is 1.15 bits per heavy atom. The Hall–Kier alpha value is -1.48. The summed E-state index contributed by atoms with van der Waals surface area (Å²) in [7, 11) is 0. The van der Waals surface area contributed by atoms with Crippen molar-refractivity contribution >= 4 is 11.6 Å². The molecule has 1 aromatic heterocycles. The van der Waals surface area contributed by atoms with Gasteiger partial charge >= 0.3 is 0 Å². The maximum Gasteiger partial charge on any atom is 0.130 e. The van der Waals surface area contributed by atoms with Crippen molar-refractivity contribution in [3.63, 3.8) is 0 Å². The molecule has 0 amide bonds. The molecule has 2 rings (SSSR count). The van der Waals surface area contributed by atoms with Crippen LogP contribution in [0, 0.1) is 20.8 Å². The minimum Gasteiger partial charge on any atom is -0.487 e. The fourth-order valence-electron chi connectivity index (χ4n) is 2.48. The largest absolute Gasteiger partial charge is 0.487 e. The van der Waals surface area contributed by atoms with Gasteiger partial charge in [-0.15, -0.1) is 11.6 Å². The zero-order valence-corrected chi connectivity index (χ0v) is 13.3. The SMILES string of the molecule is CCn1nc(C)cc1COc1c(C)cc(CCl)cc1C. The summed E-state index contributed by atoms with van der Waals surface area (Å²) < 4.78 is 7.98. The molecule has 0 saturated carbocycles. The summed E-state index contributed by atoms with van der Waals surface area (Å²) in [6, 6.07) is 6.23. The van der Waals surface area contributed by atoms with Gasteiger partial charge in [-0.2, -0.15) is 5.10 Å². The molecule has 0 aliphatic heterocycles. The Labute approximate surface area is 125 Å². The van der Waals surface area contributed by atoms with Gasteiger partial charge in [0.15, 0.2) is 0 Å². The second-order valence-corrected chi connectivity index (χ2v) is 5.34. The van der Waals surface area contributed by atoms with E-state index in [9.17, 15) is 0 Å². The average Bonchev–Trinajstić information content (AvgIpc) is 2.77. The molecule has 108 valence electrons. The summed E-state index contributed by atoms with van der Waals surface area (Å²) in [6.45, 7) is 9.59. The first-order valence-corrected chi connectivity index (χ1v) is 7.40. The summed E-state index contributed by atoms with van der Waals surface area (Å²) in [5.41, 5.74) is 5.50. The molecule has 3 nitrogen and oxygen atoms in total. The van der Waals surface area contributed by atoms with E-state index in [1.165, 1.54) is 0 Å². The summed E-state index contributed by atoms with van der Waals surface area (Å²) >= 11 is 5.89. The van der Waals surface area contributed by atoms with Crippen LogP contribution in [-0.2, 0) is 19.0 Å². The van der Waals surface area contributed by atoms with Crippen LogP contribution in [0.25, 0.3) is 0 Å². The average molecular weight is 293 g/mol. The van der Waals surface area contributed by atoms with Gasteiger partial charge in [-0.05, 0) is 50.5 Å². The van der Waals surface area contributed by atoms with Crippen LogP contribution < -0.4 is 4.74 Å². The number of aromatic nitrogens is 2. The zero-order chi connectivity index (χ0) is 14.7. The van der Waals surface area contributed by atoms with E-state index >= 15 is 0 Å². The van der Waals surface area contributed by atoms with Crippen molar-refractivity contribution < 1.29 is 4.74 Å². The third-order valence-corrected chi connectivity index (χ3v) is 3.63. The van der Waals surface area contributed by atoms with Crippen molar-refractivity contribution in [1.29, 1.82) is 0 Å². The number of nitrogens with zero attached hydrogens (tertiary/aromatic N) is 2. The molecule has 0 spiro atoms. The van der Waals surface area contributed by atoms with E-state index in [0.29, 0.717) is 12.5 Å². The number of hydrogen-bond acceptors (Lipinski definition) is 2. The molecule has 0 aliphatic rings. The van der Waals surface area contributed by atoms with Crippen molar-refractivity contribution in [2.75, 3.05) is 0 Å². The van der Waals surface area contributed by atoms with Gasteiger partial charge in [-0.3, -0.25) is 4.68 Å². The quantitative estimate of drug-likeness (QED) is 0.774. The number of alkyl halides is 1. The van der Waals surface area contributed by atoms with Crippen LogP contribution >= 0.6 is 11.6 Å². The third kappa shape index (κ3) is 3.15. The summed E-state index contributed by atoms with van der Waals surface area (Å²) in [5, 5.41) is 4.43. The van der Waals surface area contributed by atoms with Gasteiger partial charge in [-0.1, -0.05) is 12.1 Å². The van der Waals surface area contributed by atoms with E-state index in [2.05, 4.69) is 44.1 Å². The topological polar surface area (TPSA) is 27.1 Å². The molecule has 2 aromatic rings. The van der Waals surface area contributed by atoms with Crippen LogP contribution in [0.5, 0.6) is 5.75 Å². The van der Waals surface area contributed by atoms with Crippen LogP contribution in [0.1, 0.15) is 35.0 Å². The molecule has 0 aliphatic carbocycles. The molecule has 0 saturated heterocycles. The highest BCUT2D eigenvalue weighted by molar-refractivity contribution is 6.17. The molecule has 20 heavy (non-hydrogen) atoms. The Morgan fingerprint density at radius 2 is 1.80 bits per heavy atom. The lowest BCUT2D eigenvalue weighted by Gasteiger charge is -2.14. The molecule has 0 atom stereocenters. The third-order valence-electron chi connectivity index (χ3n) is 3.32. The minimum atomic E-state index is 0.532. The highest BCUT2D eigenvalue weighted by atomic mass is 35.5. The fourth-order valence-corrected chi connectivity index (χ4v) is 2.63. The molecule has 1 aromatic carbocycles. The molecule has 1 heterocycles. The first-order chi connectivity index (χ1) is 9.55. The van der Waals surface area contributed by atoms with Crippen LogP contribution in [-0.4, -0.2) is 9.78 Å². The molecule has 0 N–H and O–H groups in total. The molecule has 0 bridgehead atoms. The van der Waals surface area contributed by atoms with Gasteiger partial charge in [0.05, 0.1) is 11.4 Å². The first-order valence-electron chi connectivity index (χ1n) is 6.87. The number of hydrogen-bond donors (Lipinski definition) is 0. The smallest absolute Gasteiger partial charge is 0.130 e. The Bertz CT molecular complexity index is 582. The van der Waals surface area contributed by atoms with Crippen molar-refractivity contribution in [2.45, 2.75) is 46.7 Å². The van der Waals surface area contributed by atoms with E-state index in [4.69, 9.17) is 16.3 Å². The lowest BCUT2D eigenvalue weighted by Crippen LogP contribution is -2.07. The standard InChI is InChI=1S/C16H21ClN2O/c1-5-19-15(8-13(4)18-19)10-20-16-11(2)6-14(9-17)7-12(16)3/h6-8H,5,9-10H2,1-4H3. The summed E-state index contributed by atoms with van der Waals surface area (Å²) in [4.78, 5) is 0. The molecular weight excluding hydrogens is 272 g/mol. The number of benzene rings is 1. The van der Waals surface area contributed by atoms with Gasteiger partial charge in [0.1, 0.15) is 12.4 Å². The van der Waals surface area contributed by atoms with E-state index in [-0.39, 0.29) is 0 Å². The van der Waals surface area contributed by atoms with Gasteiger partial charge in [-0.25, -0.2) is 0 Å². The predicted molar refractivity (Wildman–Crippen MR) is 82.4 cm³/mol. The van der Waals surface area contributed by atoms with Crippen molar-refractivity contribution in [2.24, 2.45) is 0 Å². The number of aryl methyl sites for hydroxylation is 4. The number of rotatable bonds is 5. The monoisotopic (exact) mass is 292 g/mol. The lowest BCUT2D eigenvalue weighted by atomic mass is 10.1. The Morgan fingerprint density at radius 3 is 2.35 bits per heavy atom. The van der Waals surface area contributed by atoms with Crippen LogP contribution in [0.2, 0.25) is 0 Å². The van der Waals surface area contributed by atoms with E-state index in [1.54, 1.807) is 0 Å². The summed E-state index contributed by atoms with van der Waals surface area (Å²) in [6.07, 6.45) is 0. The molecule has 0 fully saturated rings. The highest BCUT2D eigenvalue weighted by Crippen LogP contribution is 2.26. The van der Waals surface area contributed by atoms with E-state index < -0.39 is 0 Å². The van der Waals surface area contributed by atoms with Gasteiger partial charge in [0.2, 0.25) is 0 Å². The van der Waals surface area contributed by atoms with Crippen molar-refractivity contribution in [3.05, 3.63) is 46.3 Å². The minimum absolute atomic E-state index is 0.532. The van der Waals surface area contributed by atoms with Gasteiger partial charge in [0, 0.05) is 12.4 Å². The Kier molecular flexibility index (Phi) is 4.71. The molecule has 0 unspecified atom stereocenters. The second-order valence-electron chi connectivity index (χ2n) is 5.07. The maximum absolute atomic E-state index is 6.01. The van der Waals surface area contributed by atoms with Crippen molar-refractivity contribution in [1.82, 2.24) is 9.78 Å². The number of ether oxygens (including phenoxy) is 1. The lowest BCUT2D eigenvalue weighted by molar-refractivity contribution is 0.288. The highest BCUT2D eigenvalue weighted by Gasteiger charge is 2.09. The number of halogens is 1. The molecular formula is C16H21ClN2O. The normalized spacial score (nSPS) is 10.8. The van der Waals surface area contributed by atoms with E-state index in [0.717, 1.165) is 40.4 Å². The second kappa shape index (κ2) is 6.31.